The lowest BCUT2D eigenvalue weighted by Crippen LogP contribution is -2.27. The van der Waals surface area contributed by atoms with Gasteiger partial charge in [0.05, 0.1) is 11.1 Å². The number of halogens is 1. The molecule has 2 aromatic carbocycles. The van der Waals surface area contributed by atoms with Gasteiger partial charge < -0.3 is 14.8 Å². The molecule has 2 aliphatic rings. The van der Waals surface area contributed by atoms with Crippen molar-refractivity contribution in [2.24, 2.45) is 0 Å². The van der Waals surface area contributed by atoms with Gasteiger partial charge in [0, 0.05) is 16.0 Å². The number of hydrogen-bond donors (Lipinski definition) is 1. The highest BCUT2D eigenvalue weighted by atomic mass is 35.5. The Morgan fingerprint density at radius 3 is 2.78 bits per heavy atom. The fourth-order valence-corrected chi connectivity index (χ4v) is 4.24. The van der Waals surface area contributed by atoms with Crippen LogP contribution >= 0.6 is 22.9 Å². The highest BCUT2D eigenvalue weighted by molar-refractivity contribution is 7.14. The van der Waals surface area contributed by atoms with Crippen LogP contribution in [0.2, 0.25) is 5.02 Å². The summed E-state index contributed by atoms with van der Waals surface area (Å²) in [7, 11) is 0. The topological polar surface area (TPSA) is 60.5 Å². The number of benzene rings is 2. The van der Waals surface area contributed by atoms with Gasteiger partial charge in [-0.15, -0.1) is 11.3 Å². The van der Waals surface area contributed by atoms with Crippen LogP contribution < -0.4 is 14.8 Å². The molecule has 2 heterocycles. The molecule has 0 saturated heterocycles. The van der Waals surface area contributed by atoms with Crippen LogP contribution in [0.3, 0.4) is 0 Å². The third kappa shape index (κ3) is 2.85. The summed E-state index contributed by atoms with van der Waals surface area (Å²) in [6.07, 6.45) is 1.61. The van der Waals surface area contributed by atoms with Crippen molar-refractivity contribution >= 4 is 34.0 Å². The Morgan fingerprint density at radius 2 is 1.96 bits per heavy atom. The van der Waals surface area contributed by atoms with E-state index in [0.717, 1.165) is 35.4 Å². The van der Waals surface area contributed by atoms with Crippen LogP contribution in [0.25, 0.3) is 11.3 Å². The molecule has 0 spiro atoms. The SMILES string of the molecule is O=C(Nc1nc(-c2ccccc2Cl)cs1)C1(c2ccc3c(c2)OCO3)CC1. The minimum absolute atomic E-state index is 0.0403. The first-order chi connectivity index (χ1) is 13.2. The van der Waals surface area contributed by atoms with Gasteiger partial charge in [-0.1, -0.05) is 35.9 Å². The molecule has 1 saturated carbocycles. The number of nitrogens with zero attached hydrogens (tertiary/aromatic N) is 1. The number of nitrogens with one attached hydrogen (secondary N) is 1. The van der Waals surface area contributed by atoms with Gasteiger partial charge in [-0.25, -0.2) is 4.98 Å². The van der Waals surface area contributed by atoms with Crippen molar-refractivity contribution in [2.45, 2.75) is 18.3 Å². The number of anilines is 1. The maximum atomic E-state index is 13.0. The van der Waals surface area contributed by atoms with Crippen LogP contribution in [0.15, 0.2) is 47.8 Å². The zero-order chi connectivity index (χ0) is 18.4. The summed E-state index contributed by atoms with van der Waals surface area (Å²) in [5.74, 6) is 1.38. The number of ether oxygens (including phenoxy) is 2. The van der Waals surface area contributed by atoms with Gasteiger partial charge in [0.2, 0.25) is 12.7 Å². The smallest absolute Gasteiger partial charge is 0.236 e. The predicted molar refractivity (Wildman–Crippen MR) is 105 cm³/mol. The standard InChI is InChI=1S/C20H15ClN2O3S/c21-14-4-2-1-3-13(14)15-10-27-19(22-15)23-18(24)20(7-8-20)12-5-6-16-17(9-12)26-11-25-16/h1-6,9-10H,7-8,11H2,(H,22,23,24). The molecule has 27 heavy (non-hydrogen) atoms. The molecule has 1 fully saturated rings. The van der Waals surface area contributed by atoms with Crippen molar-refractivity contribution in [3.8, 4) is 22.8 Å². The first-order valence-corrected chi connectivity index (χ1v) is 9.83. The zero-order valence-electron chi connectivity index (χ0n) is 14.2. The van der Waals surface area contributed by atoms with Crippen LogP contribution in [0.4, 0.5) is 5.13 Å². The molecule has 1 aromatic heterocycles. The molecule has 5 rings (SSSR count). The Bertz CT molecular complexity index is 1050. The Labute approximate surface area is 164 Å². The molecule has 0 unspecified atom stereocenters. The molecular formula is C20H15ClN2O3S. The highest BCUT2D eigenvalue weighted by Gasteiger charge is 2.52. The normalized spacial score (nSPS) is 16.2. The van der Waals surface area contributed by atoms with E-state index in [2.05, 4.69) is 10.3 Å². The van der Waals surface area contributed by atoms with Crippen molar-refractivity contribution in [3.63, 3.8) is 0 Å². The van der Waals surface area contributed by atoms with Crippen LogP contribution in [0, 0.1) is 0 Å². The molecule has 5 nitrogen and oxygen atoms in total. The Balaban J connectivity index is 1.37. The van der Waals surface area contributed by atoms with E-state index in [0.29, 0.717) is 15.9 Å². The number of thiazole rings is 1. The summed E-state index contributed by atoms with van der Waals surface area (Å²) in [6.45, 7) is 0.224. The molecule has 1 aliphatic heterocycles. The lowest BCUT2D eigenvalue weighted by atomic mass is 9.94. The molecule has 1 amide bonds. The molecule has 0 bridgehead atoms. The summed E-state index contributed by atoms with van der Waals surface area (Å²) in [6, 6.07) is 13.2. The third-order valence-electron chi connectivity index (χ3n) is 4.98. The first-order valence-electron chi connectivity index (χ1n) is 8.58. The molecule has 0 radical (unpaired) electrons. The summed E-state index contributed by atoms with van der Waals surface area (Å²) in [5.41, 5.74) is 2.05. The molecule has 0 atom stereocenters. The van der Waals surface area contributed by atoms with Crippen molar-refractivity contribution in [2.75, 3.05) is 12.1 Å². The minimum atomic E-state index is -0.517. The van der Waals surface area contributed by atoms with E-state index in [1.807, 2.05) is 47.8 Å². The molecule has 136 valence electrons. The fraction of sp³-hybridized carbons (Fsp3) is 0.200. The van der Waals surface area contributed by atoms with Crippen molar-refractivity contribution in [3.05, 3.63) is 58.4 Å². The Hall–Kier alpha value is -2.57. The third-order valence-corrected chi connectivity index (χ3v) is 6.07. The van der Waals surface area contributed by atoms with Crippen molar-refractivity contribution < 1.29 is 14.3 Å². The minimum Gasteiger partial charge on any atom is -0.454 e. The number of rotatable bonds is 4. The summed E-state index contributed by atoms with van der Waals surface area (Å²) >= 11 is 7.63. The maximum Gasteiger partial charge on any atom is 0.236 e. The van der Waals surface area contributed by atoms with Gasteiger partial charge in [-0.2, -0.15) is 0 Å². The first kappa shape index (κ1) is 16.6. The average molecular weight is 399 g/mol. The van der Waals surface area contributed by atoms with Crippen LogP contribution in [-0.4, -0.2) is 17.7 Å². The fourth-order valence-electron chi connectivity index (χ4n) is 3.31. The van der Waals surface area contributed by atoms with E-state index < -0.39 is 5.41 Å². The number of aromatic nitrogens is 1. The summed E-state index contributed by atoms with van der Waals surface area (Å²) in [4.78, 5) is 17.5. The monoisotopic (exact) mass is 398 g/mol. The predicted octanol–water partition coefficient (Wildman–Crippen LogP) is 4.86. The van der Waals surface area contributed by atoms with Crippen molar-refractivity contribution in [1.82, 2.24) is 4.98 Å². The van der Waals surface area contributed by atoms with E-state index in [4.69, 9.17) is 21.1 Å². The van der Waals surface area contributed by atoms with Crippen LogP contribution in [-0.2, 0) is 10.2 Å². The summed E-state index contributed by atoms with van der Waals surface area (Å²) in [5, 5.41) is 6.08. The second-order valence-corrected chi connectivity index (χ2v) is 7.89. The lowest BCUT2D eigenvalue weighted by molar-refractivity contribution is -0.118. The molecule has 7 heteroatoms. The zero-order valence-corrected chi connectivity index (χ0v) is 15.8. The van der Waals surface area contributed by atoms with E-state index in [1.54, 1.807) is 0 Å². The number of fused-ring (bicyclic) bond motifs is 1. The maximum absolute atomic E-state index is 13.0. The van der Waals surface area contributed by atoms with E-state index in [-0.39, 0.29) is 12.7 Å². The van der Waals surface area contributed by atoms with Crippen molar-refractivity contribution in [1.29, 1.82) is 0 Å². The molecule has 1 N–H and O–H groups in total. The van der Waals surface area contributed by atoms with Gasteiger partial charge in [-0.3, -0.25) is 4.79 Å². The summed E-state index contributed by atoms with van der Waals surface area (Å²) < 4.78 is 10.8. The van der Waals surface area contributed by atoms with Gasteiger partial charge in [0.25, 0.3) is 0 Å². The largest absolute Gasteiger partial charge is 0.454 e. The lowest BCUT2D eigenvalue weighted by Gasteiger charge is -2.15. The number of carbonyl (C=O) groups excluding carboxylic acids is 1. The van der Waals surface area contributed by atoms with E-state index in [9.17, 15) is 4.79 Å². The quantitative estimate of drug-likeness (QED) is 0.681. The van der Waals surface area contributed by atoms with Crippen LogP contribution in [0.1, 0.15) is 18.4 Å². The van der Waals surface area contributed by atoms with E-state index >= 15 is 0 Å². The number of amides is 1. The number of carbonyl (C=O) groups is 1. The van der Waals surface area contributed by atoms with E-state index in [1.165, 1.54) is 11.3 Å². The van der Waals surface area contributed by atoms with Gasteiger partial charge >= 0.3 is 0 Å². The molecule has 1 aliphatic carbocycles. The second-order valence-electron chi connectivity index (χ2n) is 6.62. The Morgan fingerprint density at radius 1 is 1.15 bits per heavy atom. The van der Waals surface area contributed by atoms with Gasteiger partial charge in [-0.05, 0) is 36.6 Å². The van der Waals surface area contributed by atoms with Gasteiger partial charge in [0.15, 0.2) is 16.6 Å². The van der Waals surface area contributed by atoms with Gasteiger partial charge in [0.1, 0.15) is 0 Å². The second kappa shape index (κ2) is 6.25. The number of hydrogen-bond acceptors (Lipinski definition) is 5. The molecule has 3 aromatic rings. The highest BCUT2D eigenvalue weighted by Crippen LogP contribution is 2.51. The Kier molecular flexibility index (Phi) is 3.84. The molecular weight excluding hydrogens is 384 g/mol. The van der Waals surface area contributed by atoms with Crippen LogP contribution in [0.5, 0.6) is 11.5 Å². The average Bonchev–Trinajstić information content (AvgIpc) is 3.14.